The molecule has 0 radical (unpaired) electrons. The SMILES string of the molecule is CCCCCCC[C@H](CC(=O)NO)C(=O)N[C@@H](CC(C)(C)C)C(=O)N[C@@H](CC(C)(C)C)C(=O)NC. The van der Waals surface area contributed by atoms with Gasteiger partial charge in [-0.2, -0.15) is 0 Å². The monoisotopic (exact) mass is 498 g/mol. The van der Waals surface area contributed by atoms with Gasteiger partial charge in [0.1, 0.15) is 12.1 Å². The highest BCUT2D eigenvalue weighted by Crippen LogP contribution is 2.24. The minimum absolute atomic E-state index is 0.162. The van der Waals surface area contributed by atoms with E-state index in [1.54, 1.807) is 5.48 Å². The van der Waals surface area contributed by atoms with Crippen molar-refractivity contribution in [2.24, 2.45) is 16.7 Å². The Kier molecular flexibility index (Phi) is 14.8. The van der Waals surface area contributed by atoms with Crippen molar-refractivity contribution in [2.45, 2.75) is 118 Å². The molecule has 9 heteroatoms. The minimum atomic E-state index is -0.866. The Morgan fingerprint density at radius 2 is 1.23 bits per heavy atom. The average molecular weight is 499 g/mol. The minimum Gasteiger partial charge on any atom is -0.357 e. The molecule has 0 heterocycles. The lowest BCUT2D eigenvalue weighted by atomic mass is 9.86. The zero-order valence-electron chi connectivity index (χ0n) is 23.2. The average Bonchev–Trinajstić information content (AvgIpc) is 2.74. The van der Waals surface area contributed by atoms with E-state index in [0.29, 0.717) is 19.3 Å². The lowest BCUT2D eigenvalue weighted by Crippen LogP contribution is -2.55. The standard InChI is InChI=1S/C26H50N4O5/c1-9-10-11-12-13-14-18(15-21(31)30-35)22(32)28-20(17-26(5,6)7)24(34)29-19(23(33)27-8)16-25(2,3)4/h18-20,35H,9-17H2,1-8H3,(H,27,33)(H,28,32)(H,29,34)(H,30,31)/t18-,19+,20+/m1/s1. The van der Waals surface area contributed by atoms with Crippen LogP contribution in [-0.2, 0) is 19.2 Å². The predicted molar refractivity (Wildman–Crippen MR) is 137 cm³/mol. The van der Waals surface area contributed by atoms with Gasteiger partial charge in [0, 0.05) is 19.4 Å². The number of likely N-dealkylation sites (N-methyl/N-ethyl adjacent to an activating group) is 1. The van der Waals surface area contributed by atoms with Gasteiger partial charge < -0.3 is 16.0 Å². The van der Waals surface area contributed by atoms with E-state index in [4.69, 9.17) is 5.21 Å². The number of hydroxylamine groups is 1. The van der Waals surface area contributed by atoms with Crippen molar-refractivity contribution in [1.82, 2.24) is 21.4 Å². The summed E-state index contributed by atoms with van der Waals surface area (Å²) in [6, 6.07) is -1.60. The quantitative estimate of drug-likeness (QED) is 0.134. The molecule has 0 fully saturated rings. The molecule has 0 aromatic rings. The number of rotatable bonds is 15. The van der Waals surface area contributed by atoms with Crippen LogP contribution < -0.4 is 21.4 Å². The molecule has 0 aliphatic heterocycles. The fraction of sp³-hybridized carbons (Fsp3) is 0.846. The molecule has 0 spiro atoms. The van der Waals surface area contributed by atoms with Crippen molar-refractivity contribution in [3.63, 3.8) is 0 Å². The number of nitrogens with one attached hydrogen (secondary N) is 4. The molecular formula is C26H50N4O5. The van der Waals surface area contributed by atoms with Crippen molar-refractivity contribution < 1.29 is 24.4 Å². The second-order valence-corrected chi connectivity index (χ2v) is 11.9. The highest BCUT2D eigenvalue weighted by molar-refractivity contribution is 5.93. The van der Waals surface area contributed by atoms with Gasteiger partial charge >= 0.3 is 0 Å². The van der Waals surface area contributed by atoms with Crippen molar-refractivity contribution in [3.8, 4) is 0 Å². The molecule has 0 saturated heterocycles. The Bertz CT molecular complexity index is 682. The predicted octanol–water partition coefficient (Wildman–Crippen LogP) is 3.45. The molecule has 3 atom stereocenters. The van der Waals surface area contributed by atoms with Crippen LogP contribution in [0, 0.1) is 16.7 Å². The molecule has 0 aromatic carbocycles. The third-order valence-electron chi connectivity index (χ3n) is 5.73. The number of unbranched alkanes of at least 4 members (excludes halogenated alkanes) is 4. The second kappa shape index (κ2) is 15.8. The number of amides is 4. The molecule has 0 unspecified atom stereocenters. The summed E-state index contributed by atoms with van der Waals surface area (Å²) in [5, 5.41) is 17.2. The molecular weight excluding hydrogens is 448 g/mol. The van der Waals surface area contributed by atoms with E-state index in [1.807, 2.05) is 41.5 Å². The van der Waals surface area contributed by atoms with Crippen LogP contribution in [0.4, 0.5) is 0 Å². The van der Waals surface area contributed by atoms with Crippen molar-refractivity contribution in [2.75, 3.05) is 7.05 Å². The number of carbonyl (C=O) groups is 4. The van der Waals surface area contributed by atoms with Crippen LogP contribution in [0.3, 0.4) is 0 Å². The first-order valence-corrected chi connectivity index (χ1v) is 12.9. The molecule has 0 aromatic heterocycles. The van der Waals surface area contributed by atoms with Crippen LogP contribution in [0.5, 0.6) is 0 Å². The maximum Gasteiger partial charge on any atom is 0.244 e. The van der Waals surface area contributed by atoms with E-state index >= 15 is 0 Å². The molecule has 204 valence electrons. The highest BCUT2D eigenvalue weighted by atomic mass is 16.5. The number of hydrogen-bond donors (Lipinski definition) is 5. The van der Waals surface area contributed by atoms with E-state index in [1.165, 1.54) is 7.05 Å². The maximum absolute atomic E-state index is 13.3. The van der Waals surface area contributed by atoms with Gasteiger partial charge in [-0.05, 0) is 30.1 Å². The largest absolute Gasteiger partial charge is 0.357 e. The van der Waals surface area contributed by atoms with Crippen molar-refractivity contribution in [1.29, 1.82) is 0 Å². The summed E-state index contributed by atoms with van der Waals surface area (Å²) in [5.74, 6) is -2.43. The zero-order valence-corrected chi connectivity index (χ0v) is 23.2. The third-order valence-corrected chi connectivity index (χ3v) is 5.73. The van der Waals surface area contributed by atoms with Gasteiger partial charge in [-0.1, -0.05) is 80.6 Å². The Morgan fingerprint density at radius 1 is 0.743 bits per heavy atom. The fourth-order valence-electron chi connectivity index (χ4n) is 3.97. The van der Waals surface area contributed by atoms with E-state index in [-0.39, 0.29) is 23.2 Å². The van der Waals surface area contributed by atoms with Crippen LogP contribution >= 0.6 is 0 Å². The maximum atomic E-state index is 13.3. The van der Waals surface area contributed by atoms with Crippen LogP contribution in [0.25, 0.3) is 0 Å². The Labute approximate surface area is 211 Å². The van der Waals surface area contributed by atoms with E-state index < -0.39 is 35.7 Å². The summed E-state index contributed by atoms with van der Waals surface area (Å²) in [6.07, 6.45) is 6.11. The summed E-state index contributed by atoms with van der Waals surface area (Å²) in [5.41, 5.74) is 1.12. The second-order valence-electron chi connectivity index (χ2n) is 11.9. The Hall–Kier alpha value is -2.16. The van der Waals surface area contributed by atoms with Gasteiger partial charge in [-0.25, -0.2) is 5.48 Å². The Morgan fingerprint density at radius 3 is 1.69 bits per heavy atom. The molecule has 35 heavy (non-hydrogen) atoms. The van der Waals surface area contributed by atoms with E-state index in [0.717, 1.165) is 32.1 Å². The van der Waals surface area contributed by atoms with Gasteiger partial charge in [-0.15, -0.1) is 0 Å². The first-order valence-electron chi connectivity index (χ1n) is 12.9. The zero-order chi connectivity index (χ0) is 27.2. The van der Waals surface area contributed by atoms with Crippen molar-refractivity contribution in [3.05, 3.63) is 0 Å². The molecule has 0 bridgehead atoms. The van der Waals surface area contributed by atoms with Crippen LogP contribution in [0.15, 0.2) is 0 Å². The van der Waals surface area contributed by atoms with E-state index in [9.17, 15) is 19.2 Å². The summed E-state index contributed by atoms with van der Waals surface area (Å²) >= 11 is 0. The lowest BCUT2D eigenvalue weighted by molar-refractivity contribution is -0.137. The van der Waals surface area contributed by atoms with Gasteiger partial charge in [0.15, 0.2) is 0 Å². The molecule has 0 aliphatic carbocycles. The van der Waals surface area contributed by atoms with Gasteiger partial charge in [0.25, 0.3) is 0 Å². The summed E-state index contributed by atoms with van der Waals surface area (Å²) < 4.78 is 0. The summed E-state index contributed by atoms with van der Waals surface area (Å²) in [7, 11) is 1.52. The van der Waals surface area contributed by atoms with Gasteiger partial charge in [0.05, 0.1) is 0 Å². The van der Waals surface area contributed by atoms with Gasteiger partial charge in [-0.3, -0.25) is 24.4 Å². The first-order chi connectivity index (χ1) is 16.1. The molecule has 0 aliphatic rings. The third kappa shape index (κ3) is 15.4. The number of hydrogen-bond acceptors (Lipinski definition) is 5. The van der Waals surface area contributed by atoms with Crippen molar-refractivity contribution >= 4 is 23.6 Å². The van der Waals surface area contributed by atoms with Crippen LogP contribution in [0.2, 0.25) is 0 Å². The molecule has 0 saturated carbocycles. The highest BCUT2D eigenvalue weighted by Gasteiger charge is 2.33. The fourth-order valence-corrected chi connectivity index (χ4v) is 3.97. The summed E-state index contributed by atoms with van der Waals surface area (Å²) in [6.45, 7) is 14.0. The van der Waals surface area contributed by atoms with Crippen LogP contribution in [0.1, 0.15) is 106 Å². The number of carbonyl (C=O) groups excluding carboxylic acids is 4. The molecule has 9 nitrogen and oxygen atoms in total. The Balaban J connectivity index is 5.59. The van der Waals surface area contributed by atoms with Gasteiger partial charge in [0.2, 0.25) is 23.6 Å². The molecule has 5 N–H and O–H groups in total. The van der Waals surface area contributed by atoms with Crippen LogP contribution in [-0.4, -0.2) is 48.0 Å². The molecule has 4 amide bonds. The first kappa shape index (κ1) is 32.8. The lowest BCUT2D eigenvalue weighted by Gasteiger charge is -2.30. The summed E-state index contributed by atoms with van der Waals surface area (Å²) in [4.78, 5) is 50.7. The smallest absolute Gasteiger partial charge is 0.244 e. The topological polar surface area (TPSA) is 137 Å². The van der Waals surface area contributed by atoms with E-state index in [2.05, 4.69) is 22.9 Å². The molecule has 0 rings (SSSR count). The normalized spacial score (nSPS) is 14.4.